The molecule has 0 aromatic carbocycles. The standard InChI is InChI=1S/C15H20O4/c1-4-14-8-7-11(9-14)15(19-6-3,12(14)10-16)13(17)18-5-2/h7-8,11H,4-6,9H2,1-3H3. The van der Waals surface area contributed by atoms with Gasteiger partial charge in [0.15, 0.2) is 0 Å². The van der Waals surface area contributed by atoms with Gasteiger partial charge in [0.05, 0.1) is 12.2 Å². The van der Waals surface area contributed by atoms with E-state index in [4.69, 9.17) is 9.47 Å². The first kappa shape index (κ1) is 14.0. The summed E-state index contributed by atoms with van der Waals surface area (Å²) >= 11 is 0. The van der Waals surface area contributed by atoms with Crippen LogP contribution in [0.2, 0.25) is 0 Å². The van der Waals surface area contributed by atoms with Crippen molar-refractivity contribution >= 4 is 11.9 Å². The lowest BCUT2D eigenvalue weighted by atomic mass is 9.75. The van der Waals surface area contributed by atoms with Crippen molar-refractivity contribution < 1.29 is 19.1 Å². The average Bonchev–Trinajstić information content (AvgIpc) is 2.95. The number of allylic oxidation sites excluding steroid dienone is 1. The Bertz CT molecular complexity index is 461. The fraction of sp³-hybridized carbons (Fsp3) is 0.667. The second-order valence-corrected chi connectivity index (χ2v) is 5.05. The summed E-state index contributed by atoms with van der Waals surface area (Å²) in [7, 11) is 0. The number of hydrogen-bond donors (Lipinski definition) is 0. The molecule has 0 heterocycles. The molecule has 3 atom stereocenters. The van der Waals surface area contributed by atoms with Crippen molar-refractivity contribution in [3.05, 3.63) is 17.7 Å². The molecule has 0 aliphatic heterocycles. The van der Waals surface area contributed by atoms with Gasteiger partial charge >= 0.3 is 5.97 Å². The summed E-state index contributed by atoms with van der Waals surface area (Å²) in [6, 6.07) is 0. The molecule has 3 unspecified atom stereocenters. The molecule has 104 valence electrons. The van der Waals surface area contributed by atoms with Gasteiger partial charge in [0.2, 0.25) is 5.60 Å². The Morgan fingerprint density at radius 3 is 2.68 bits per heavy atom. The van der Waals surface area contributed by atoms with Crippen LogP contribution in [0.1, 0.15) is 33.6 Å². The minimum atomic E-state index is -1.25. The first-order valence-corrected chi connectivity index (χ1v) is 6.87. The maximum Gasteiger partial charge on any atom is 0.344 e. The molecule has 2 rings (SSSR count). The lowest BCUT2D eigenvalue weighted by Crippen LogP contribution is -2.49. The Hall–Kier alpha value is -1.38. The fourth-order valence-corrected chi connectivity index (χ4v) is 3.42. The van der Waals surface area contributed by atoms with E-state index < -0.39 is 11.6 Å². The van der Waals surface area contributed by atoms with Gasteiger partial charge in [-0.15, -0.1) is 0 Å². The topological polar surface area (TPSA) is 52.6 Å². The van der Waals surface area contributed by atoms with E-state index in [0.29, 0.717) is 12.2 Å². The monoisotopic (exact) mass is 264 g/mol. The van der Waals surface area contributed by atoms with Gasteiger partial charge in [0.25, 0.3) is 0 Å². The summed E-state index contributed by atoms with van der Waals surface area (Å²) in [5.74, 6) is 1.41. The number of hydrogen-bond acceptors (Lipinski definition) is 4. The molecule has 0 aromatic heterocycles. The molecule has 0 radical (unpaired) electrons. The maximum absolute atomic E-state index is 12.4. The van der Waals surface area contributed by atoms with Crippen molar-refractivity contribution in [3.8, 4) is 0 Å². The van der Waals surface area contributed by atoms with Gasteiger partial charge in [-0.1, -0.05) is 19.1 Å². The van der Waals surface area contributed by atoms with Crippen LogP contribution in [0.25, 0.3) is 0 Å². The normalized spacial score (nSPS) is 35.5. The minimum Gasteiger partial charge on any atom is -0.464 e. The summed E-state index contributed by atoms with van der Waals surface area (Å²) in [4.78, 5) is 23.9. The second kappa shape index (κ2) is 4.95. The second-order valence-electron chi connectivity index (χ2n) is 5.05. The van der Waals surface area contributed by atoms with E-state index in [9.17, 15) is 9.59 Å². The van der Waals surface area contributed by atoms with Crippen LogP contribution < -0.4 is 0 Å². The third-order valence-electron chi connectivity index (χ3n) is 4.31. The highest BCUT2D eigenvalue weighted by Gasteiger charge is 2.66. The van der Waals surface area contributed by atoms with E-state index in [2.05, 4.69) is 0 Å². The molecule has 4 heteroatoms. The Kier molecular flexibility index (Phi) is 3.66. The van der Waals surface area contributed by atoms with Gasteiger partial charge in [0, 0.05) is 17.9 Å². The van der Waals surface area contributed by atoms with Gasteiger partial charge < -0.3 is 9.47 Å². The zero-order valence-electron chi connectivity index (χ0n) is 11.7. The third-order valence-corrected chi connectivity index (χ3v) is 4.31. The van der Waals surface area contributed by atoms with Crippen molar-refractivity contribution in [3.63, 3.8) is 0 Å². The fourth-order valence-electron chi connectivity index (χ4n) is 3.42. The van der Waals surface area contributed by atoms with Gasteiger partial charge in [-0.3, -0.25) is 0 Å². The van der Waals surface area contributed by atoms with E-state index in [0.717, 1.165) is 12.8 Å². The molecule has 2 aliphatic carbocycles. The molecule has 4 nitrogen and oxygen atoms in total. The highest BCUT2D eigenvalue weighted by Crippen LogP contribution is 2.60. The van der Waals surface area contributed by atoms with E-state index >= 15 is 0 Å². The molecule has 19 heavy (non-hydrogen) atoms. The van der Waals surface area contributed by atoms with E-state index in [1.807, 2.05) is 31.9 Å². The van der Waals surface area contributed by atoms with Gasteiger partial charge in [-0.05, 0) is 26.7 Å². The van der Waals surface area contributed by atoms with Crippen molar-refractivity contribution in [1.82, 2.24) is 0 Å². The van der Waals surface area contributed by atoms with Crippen LogP contribution in [-0.4, -0.2) is 30.7 Å². The molecule has 2 bridgehead atoms. The third kappa shape index (κ3) is 1.71. The van der Waals surface area contributed by atoms with E-state index in [-0.39, 0.29) is 17.9 Å². The lowest BCUT2D eigenvalue weighted by Gasteiger charge is -2.35. The van der Waals surface area contributed by atoms with E-state index in [1.54, 1.807) is 6.92 Å². The molecule has 0 N–H and O–H groups in total. The van der Waals surface area contributed by atoms with Crippen LogP contribution in [0.5, 0.6) is 0 Å². The van der Waals surface area contributed by atoms with Crippen LogP contribution in [-0.2, 0) is 19.1 Å². The molecular weight excluding hydrogens is 244 g/mol. The molecule has 0 spiro atoms. The molecular formula is C15H20O4. The van der Waals surface area contributed by atoms with E-state index in [1.165, 1.54) is 0 Å². The maximum atomic E-state index is 12.4. The highest BCUT2D eigenvalue weighted by molar-refractivity contribution is 5.91. The summed E-state index contributed by atoms with van der Waals surface area (Å²) in [6.45, 7) is 6.21. The molecule has 1 fully saturated rings. The quantitative estimate of drug-likeness (QED) is 0.433. The first-order valence-electron chi connectivity index (χ1n) is 6.87. The summed E-state index contributed by atoms with van der Waals surface area (Å²) in [5.41, 5.74) is -1.22. The molecule has 0 saturated heterocycles. The minimum absolute atomic E-state index is 0.122. The van der Waals surface area contributed by atoms with Crippen molar-refractivity contribution in [2.75, 3.05) is 13.2 Å². The van der Waals surface area contributed by atoms with Crippen molar-refractivity contribution in [2.24, 2.45) is 11.3 Å². The van der Waals surface area contributed by atoms with Crippen molar-refractivity contribution in [2.45, 2.75) is 39.2 Å². The largest absolute Gasteiger partial charge is 0.464 e. The molecule has 1 saturated carbocycles. The van der Waals surface area contributed by atoms with Crippen molar-refractivity contribution in [1.29, 1.82) is 0 Å². The van der Waals surface area contributed by atoms with Gasteiger partial charge in [-0.25, -0.2) is 9.59 Å². The smallest absolute Gasteiger partial charge is 0.344 e. The van der Waals surface area contributed by atoms with Gasteiger partial charge in [-0.2, -0.15) is 0 Å². The zero-order chi connectivity index (χ0) is 14.1. The van der Waals surface area contributed by atoms with Crippen LogP contribution in [0.15, 0.2) is 17.7 Å². The average molecular weight is 264 g/mol. The van der Waals surface area contributed by atoms with Gasteiger partial charge in [0.1, 0.15) is 5.94 Å². The Labute approximate surface area is 113 Å². The lowest BCUT2D eigenvalue weighted by molar-refractivity contribution is -0.169. The molecule has 0 amide bonds. The predicted octanol–water partition coefficient (Wildman–Crippen LogP) is 2.07. The zero-order valence-corrected chi connectivity index (χ0v) is 11.7. The molecule has 0 aromatic rings. The first-order chi connectivity index (χ1) is 9.11. The number of ether oxygens (including phenoxy) is 2. The SMILES string of the molecule is CCOC(=O)C1(OCC)C(=C=O)C2(CC)C=CC1C2. The van der Waals surface area contributed by atoms with Crippen LogP contribution in [0.4, 0.5) is 0 Å². The Balaban J connectivity index is 2.53. The summed E-state index contributed by atoms with van der Waals surface area (Å²) in [6.07, 6.45) is 5.50. The Morgan fingerprint density at radius 2 is 2.16 bits per heavy atom. The number of esters is 1. The predicted molar refractivity (Wildman–Crippen MR) is 70.2 cm³/mol. The van der Waals surface area contributed by atoms with Crippen LogP contribution in [0.3, 0.4) is 0 Å². The number of carbonyl (C=O) groups is 1. The summed E-state index contributed by atoms with van der Waals surface area (Å²) in [5, 5.41) is 0. The number of fused-ring (bicyclic) bond motifs is 2. The van der Waals surface area contributed by atoms with Crippen LogP contribution >= 0.6 is 0 Å². The summed E-state index contributed by atoms with van der Waals surface area (Å²) < 4.78 is 10.9. The Morgan fingerprint density at radius 1 is 1.42 bits per heavy atom. The highest BCUT2D eigenvalue weighted by atomic mass is 16.6. The number of carbonyl (C=O) groups excluding carboxylic acids is 2. The molecule has 2 aliphatic rings. The van der Waals surface area contributed by atoms with Crippen LogP contribution in [0, 0.1) is 11.3 Å². The number of rotatable bonds is 5.